The Balaban J connectivity index is 2.22. The fourth-order valence-corrected chi connectivity index (χ4v) is 1.92. The summed E-state index contributed by atoms with van der Waals surface area (Å²) in [4.78, 5) is 5.91. The molecule has 0 aromatic carbocycles. The van der Waals surface area contributed by atoms with Crippen LogP contribution in [0.25, 0.3) is 0 Å². The lowest BCUT2D eigenvalue weighted by atomic mass is 10.3. The normalized spacial score (nSPS) is 15.8. The number of piperazine rings is 1. The molecule has 0 radical (unpaired) electrons. The van der Waals surface area contributed by atoms with Gasteiger partial charge < -0.3 is 15.5 Å². The maximum absolute atomic E-state index is 13.7. The second-order valence-electron chi connectivity index (χ2n) is 4.29. The van der Waals surface area contributed by atoms with Gasteiger partial charge in [0.15, 0.2) is 23.3 Å². The number of hydrogen-bond acceptors (Lipinski definition) is 4. The van der Waals surface area contributed by atoms with E-state index in [9.17, 15) is 8.78 Å². The van der Waals surface area contributed by atoms with Crippen molar-refractivity contribution in [3.05, 3.63) is 17.7 Å². The van der Waals surface area contributed by atoms with Crippen molar-refractivity contribution in [2.45, 2.75) is 13.3 Å². The topological polar surface area (TPSA) is 40.2 Å². The van der Waals surface area contributed by atoms with Gasteiger partial charge in [-0.2, -0.15) is 0 Å². The van der Waals surface area contributed by atoms with Crippen molar-refractivity contribution in [2.24, 2.45) is 0 Å². The van der Waals surface area contributed by atoms with Crippen LogP contribution in [0.1, 0.15) is 13.3 Å². The largest absolute Gasteiger partial charge is 0.368 e. The highest BCUT2D eigenvalue weighted by atomic mass is 19.1. The fourth-order valence-electron chi connectivity index (χ4n) is 1.92. The van der Waals surface area contributed by atoms with Gasteiger partial charge in [0.1, 0.15) is 0 Å². The van der Waals surface area contributed by atoms with Crippen LogP contribution in [-0.4, -0.2) is 37.7 Å². The lowest BCUT2D eigenvalue weighted by Gasteiger charge is -2.29. The SMILES string of the molecule is CCCNc1nc(N2CCNCC2)c(F)cc1F. The van der Waals surface area contributed by atoms with Crippen LogP contribution in [0.5, 0.6) is 0 Å². The van der Waals surface area contributed by atoms with Crippen LogP contribution >= 0.6 is 0 Å². The lowest BCUT2D eigenvalue weighted by Crippen LogP contribution is -2.44. The maximum Gasteiger partial charge on any atom is 0.168 e. The second kappa shape index (κ2) is 5.95. The molecule has 0 unspecified atom stereocenters. The molecule has 1 aromatic heterocycles. The first-order valence-corrected chi connectivity index (χ1v) is 6.28. The summed E-state index contributed by atoms with van der Waals surface area (Å²) in [6.45, 7) is 5.54. The minimum atomic E-state index is -0.639. The number of nitrogens with one attached hydrogen (secondary N) is 2. The Morgan fingerprint density at radius 3 is 2.72 bits per heavy atom. The molecule has 0 aliphatic carbocycles. The molecule has 1 fully saturated rings. The van der Waals surface area contributed by atoms with Crippen LogP contribution in [0.3, 0.4) is 0 Å². The zero-order valence-electron chi connectivity index (χ0n) is 10.5. The third-order valence-corrected chi connectivity index (χ3v) is 2.87. The molecule has 2 rings (SSSR count). The summed E-state index contributed by atoms with van der Waals surface area (Å²) < 4.78 is 27.3. The van der Waals surface area contributed by atoms with E-state index >= 15 is 0 Å². The third-order valence-electron chi connectivity index (χ3n) is 2.87. The first-order chi connectivity index (χ1) is 8.72. The first kappa shape index (κ1) is 13.0. The van der Waals surface area contributed by atoms with E-state index in [0.717, 1.165) is 25.6 Å². The van der Waals surface area contributed by atoms with Gasteiger partial charge in [0.25, 0.3) is 0 Å². The van der Waals surface area contributed by atoms with Gasteiger partial charge in [-0.25, -0.2) is 13.8 Å². The number of rotatable bonds is 4. The molecule has 100 valence electrons. The van der Waals surface area contributed by atoms with Crippen molar-refractivity contribution < 1.29 is 8.78 Å². The molecule has 18 heavy (non-hydrogen) atoms. The molecule has 1 aliphatic rings. The molecule has 0 amide bonds. The average molecular weight is 256 g/mol. The highest BCUT2D eigenvalue weighted by molar-refractivity contribution is 5.49. The van der Waals surface area contributed by atoms with E-state index < -0.39 is 11.6 Å². The Kier molecular flexibility index (Phi) is 4.30. The van der Waals surface area contributed by atoms with Gasteiger partial charge in [-0.1, -0.05) is 6.92 Å². The van der Waals surface area contributed by atoms with E-state index in [0.29, 0.717) is 19.6 Å². The summed E-state index contributed by atoms with van der Waals surface area (Å²) >= 11 is 0. The predicted octanol–water partition coefficient (Wildman–Crippen LogP) is 1.59. The Hall–Kier alpha value is -1.43. The van der Waals surface area contributed by atoms with E-state index in [1.165, 1.54) is 0 Å². The molecule has 0 atom stereocenters. The van der Waals surface area contributed by atoms with Crippen LogP contribution < -0.4 is 15.5 Å². The van der Waals surface area contributed by atoms with Crippen molar-refractivity contribution in [1.82, 2.24) is 10.3 Å². The molecule has 6 heteroatoms. The van der Waals surface area contributed by atoms with E-state index in [1.807, 2.05) is 11.8 Å². The Morgan fingerprint density at radius 2 is 2.06 bits per heavy atom. The van der Waals surface area contributed by atoms with Crippen molar-refractivity contribution in [3.63, 3.8) is 0 Å². The zero-order valence-corrected chi connectivity index (χ0v) is 10.5. The highest BCUT2D eigenvalue weighted by Gasteiger charge is 2.18. The van der Waals surface area contributed by atoms with E-state index in [-0.39, 0.29) is 11.6 Å². The van der Waals surface area contributed by atoms with E-state index in [4.69, 9.17) is 0 Å². The lowest BCUT2D eigenvalue weighted by molar-refractivity contribution is 0.544. The van der Waals surface area contributed by atoms with Gasteiger partial charge in [0.2, 0.25) is 0 Å². The second-order valence-corrected chi connectivity index (χ2v) is 4.29. The van der Waals surface area contributed by atoms with Crippen molar-refractivity contribution >= 4 is 11.6 Å². The minimum Gasteiger partial charge on any atom is -0.368 e. The zero-order chi connectivity index (χ0) is 13.0. The summed E-state index contributed by atoms with van der Waals surface area (Å²) in [5.41, 5.74) is 0. The van der Waals surface area contributed by atoms with Gasteiger partial charge in [-0.15, -0.1) is 0 Å². The van der Waals surface area contributed by atoms with Crippen LogP contribution in [0.4, 0.5) is 20.4 Å². The smallest absolute Gasteiger partial charge is 0.168 e. The molecule has 0 saturated carbocycles. The number of aromatic nitrogens is 1. The molecule has 1 aliphatic heterocycles. The van der Waals surface area contributed by atoms with E-state index in [1.54, 1.807) is 0 Å². The van der Waals surface area contributed by atoms with Crippen molar-refractivity contribution in [2.75, 3.05) is 42.9 Å². The standard InChI is InChI=1S/C12H18F2N4/c1-2-3-16-11-9(13)8-10(14)12(17-11)18-6-4-15-5-7-18/h8,15H,2-7H2,1H3,(H,16,17). The molecule has 2 heterocycles. The third kappa shape index (κ3) is 2.87. The number of halogens is 2. The molecular weight excluding hydrogens is 238 g/mol. The summed E-state index contributed by atoms with van der Waals surface area (Å²) in [6.07, 6.45) is 0.863. The van der Waals surface area contributed by atoms with Gasteiger partial charge in [-0.3, -0.25) is 0 Å². The van der Waals surface area contributed by atoms with Gasteiger partial charge in [0.05, 0.1) is 0 Å². The molecule has 1 aromatic rings. The van der Waals surface area contributed by atoms with Gasteiger partial charge in [-0.05, 0) is 6.42 Å². The summed E-state index contributed by atoms with van der Waals surface area (Å²) in [5, 5.41) is 6.06. The number of anilines is 2. The monoisotopic (exact) mass is 256 g/mol. The van der Waals surface area contributed by atoms with Crippen molar-refractivity contribution in [1.29, 1.82) is 0 Å². The Morgan fingerprint density at radius 1 is 1.33 bits per heavy atom. The molecule has 0 spiro atoms. The van der Waals surface area contributed by atoms with Crippen LogP contribution in [0.15, 0.2) is 6.07 Å². The summed E-state index contributed by atoms with van der Waals surface area (Å²) in [6, 6.07) is 0.905. The fraction of sp³-hybridized carbons (Fsp3) is 0.583. The van der Waals surface area contributed by atoms with E-state index in [2.05, 4.69) is 15.6 Å². The molecule has 0 bridgehead atoms. The summed E-state index contributed by atoms with van der Waals surface area (Å²) in [7, 11) is 0. The highest BCUT2D eigenvalue weighted by Crippen LogP contribution is 2.22. The maximum atomic E-state index is 13.7. The quantitative estimate of drug-likeness (QED) is 0.858. The Labute approximate surface area is 105 Å². The minimum absolute atomic E-state index is 0.131. The van der Waals surface area contributed by atoms with Crippen molar-refractivity contribution in [3.8, 4) is 0 Å². The molecule has 1 saturated heterocycles. The van der Waals surface area contributed by atoms with Crippen LogP contribution in [0, 0.1) is 11.6 Å². The van der Waals surface area contributed by atoms with Gasteiger partial charge >= 0.3 is 0 Å². The van der Waals surface area contributed by atoms with Gasteiger partial charge in [0, 0.05) is 38.8 Å². The first-order valence-electron chi connectivity index (χ1n) is 6.28. The predicted molar refractivity (Wildman–Crippen MR) is 68.0 cm³/mol. The van der Waals surface area contributed by atoms with Crippen LogP contribution in [0.2, 0.25) is 0 Å². The van der Waals surface area contributed by atoms with Crippen LogP contribution in [-0.2, 0) is 0 Å². The molecule has 2 N–H and O–H groups in total. The number of hydrogen-bond donors (Lipinski definition) is 2. The summed E-state index contributed by atoms with van der Waals surface area (Å²) in [5.74, 6) is -0.875. The molecule has 4 nitrogen and oxygen atoms in total. The number of nitrogens with zero attached hydrogens (tertiary/aromatic N) is 2. The number of pyridine rings is 1. The molecular formula is C12H18F2N4. The Bertz CT molecular complexity index is 405. The average Bonchev–Trinajstić information content (AvgIpc) is 2.39.